The van der Waals surface area contributed by atoms with Crippen molar-refractivity contribution in [3.05, 3.63) is 0 Å². The van der Waals surface area contributed by atoms with E-state index < -0.39 is 23.3 Å². The van der Waals surface area contributed by atoms with E-state index in [0.717, 1.165) is 6.29 Å². The lowest BCUT2D eigenvalue weighted by atomic mass is 10.0. The third-order valence-electron chi connectivity index (χ3n) is 3.77. The zero-order valence-electron chi connectivity index (χ0n) is 13.2. The average Bonchev–Trinajstić information content (AvgIpc) is 2.74. The molecule has 0 aliphatic carbocycles. The maximum atomic E-state index is 12.6. The van der Waals surface area contributed by atoms with Gasteiger partial charge in [0.15, 0.2) is 0 Å². The van der Waals surface area contributed by atoms with E-state index in [9.17, 15) is 14.4 Å². The number of carbonyl (C=O) groups excluding carboxylic acids is 3. The number of nitrogens with one attached hydrogen (secondary N) is 1. The number of hydrazine groups is 1. The van der Waals surface area contributed by atoms with Crippen LogP contribution in [0.2, 0.25) is 0 Å². The first-order valence-electron chi connectivity index (χ1n) is 7.14. The van der Waals surface area contributed by atoms with Crippen molar-refractivity contribution in [1.82, 2.24) is 15.3 Å². The zero-order chi connectivity index (χ0) is 16.0. The monoisotopic (exact) mass is 297 g/mol. The van der Waals surface area contributed by atoms with Crippen molar-refractivity contribution in [1.29, 1.82) is 0 Å². The summed E-state index contributed by atoms with van der Waals surface area (Å²) in [5.74, 6) is -0.269. The first kappa shape index (κ1) is 15.8. The molecular weight excluding hydrogens is 274 g/mol. The molecule has 0 aromatic carbocycles. The smallest absolute Gasteiger partial charge is 0.408 e. The van der Waals surface area contributed by atoms with Crippen LogP contribution in [0.1, 0.15) is 41.0 Å². The molecule has 0 saturated carbocycles. The highest BCUT2D eigenvalue weighted by Gasteiger charge is 2.56. The van der Waals surface area contributed by atoms with Gasteiger partial charge in [-0.2, -0.15) is 0 Å². The molecule has 3 unspecified atom stereocenters. The molecule has 7 heteroatoms. The van der Waals surface area contributed by atoms with Crippen molar-refractivity contribution >= 4 is 18.3 Å². The molecule has 0 radical (unpaired) electrons. The van der Waals surface area contributed by atoms with Gasteiger partial charge in [-0.3, -0.25) is 9.80 Å². The van der Waals surface area contributed by atoms with Crippen LogP contribution in [0.25, 0.3) is 0 Å². The van der Waals surface area contributed by atoms with Crippen LogP contribution in [0.4, 0.5) is 4.79 Å². The minimum Gasteiger partial charge on any atom is -0.444 e. The van der Waals surface area contributed by atoms with E-state index >= 15 is 0 Å². The van der Waals surface area contributed by atoms with E-state index in [-0.39, 0.29) is 11.9 Å². The average molecular weight is 297 g/mol. The molecule has 118 valence electrons. The van der Waals surface area contributed by atoms with Gasteiger partial charge < -0.3 is 14.8 Å². The second-order valence-electron chi connectivity index (χ2n) is 6.99. The fourth-order valence-corrected chi connectivity index (χ4v) is 2.85. The number of rotatable bonds is 2. The standard InChI is InChI=1S/C14H23N3O4/c1-9-6-10(7-18)17-11(19)14(5,8-16(9)17)15-12(20)21-13(2,3)4/h7,9-10H,6,8H2,1-5H3,(H,15,20). The molecule has 0 aromatic rings. The van der Waals surface area contributed by atoms with Crippen LogP contribution in [0, 0.1) is 0 Å². The fraction of sp³-hybridized carbons (Fsp3) is 0.786. The number of ether oxygens (including phenoxy) is 1. The molecule has 21 heavy (non-hydrogen) atoms. The summed E-state index contributed by atoms with van der Waals surface area (Å²) in [5, 5.41) is 5.96. The highest BCUT2D eigenvalue weighted by Crippen LogP contribution is 2.34. The third kappa shape index (κ3) is 2.88. The minimum absolute atomic E-state index is 0.0893. The molecule has 2 aliphatic rings. The molecule has 2 saturated heterocycles. The summed E-state index contributed by atoms with van der Waals surface area (Å²) in [6.07, 6.45) is 0.779. The second-order valence-corrected chi connectivity index (χ2v) is 6.99. The second kappa shape index (κ2) is 4.98. The van der Waals surface area contributed by atoms with E-state index in [2.05, 4.69) is 5.32 Å². The summed E-state index contributed by atoms with van der Waals surface area (Å²) in [5.41, 5.74) is -1.70. The lowest BCUT2D eigenvalue weighted by molar-refractivity contribution is -0.143. The first-order chi connectivity index (χ1) is 9.57. The number of fused-ring (bicyclic) bond motifs is 1. The fourth-order valence-electron chi connectivity index (χ4n) is 2.85. The van der Waals surface area contributed by atoms with Crippen molar-refractivity contribution in [3.63, 3.8) is 0 Å². The Hall–Kier alpha value is -1.63. The van der Waals surface area contributed by atoms with Gasteiger partial charge in [-0.15, -0.1) is 0 Å². The molecule has 0 bridgehead atoms. The summed E-state index contributed by atoms with van der Waals surface area (Å²) in [6.45, 7) is 9.25. The SMILES string of the molecule is CC1CC(C=O)N2C(=O)C(C)(NC(=O)OC(C)(C)C)CN12. The van der Waals surface area contributed by atoms with Crippen molar-refractivity contribution in [3.8, 4) is 0 Å². The van der Waals surface area contributed by atoms with Gasteiger partial charge in [-0.25, -0.2) is 9.80 Å². The number of alkyl carbamates (subject to hydrolysis) is 1. The number of hydrogen-bond donors (Lipinski definition) is 1. The van der Waals surface area contributed by atoms with Crippen LogP contribution >= 0.6 is 0 Å². The van der Waals surface area contributed by atoms with Crippen LogP contribution in [0.3, 0.4) is 0 Å². The Balaban J connectivity index is 2.13. The molecule has 7 nitrogen and oxygen atoms in total. The highest BCUT2D eigenvalue weighted by molar-refractivity contribution is 5.93. The maximum Gasteiger partial charge on any atom is 0.408 e. The Morgan fingerprint density at radius 1 is 1.48 bits per heavy atom. The van der Waals surface area contributed by atoms with E-state index in [1.165, 1.54) is 5.01 Å². The van der Waals surface area contributed by atoms with E-state index in [1.54, 1.807) is 27.7 Å². The highest BCUT2D eigenvalue weighted by atomic mass is 16.6. The Morgan fingerprint density at radius 2 is 2.10 bits per heavy atom. The van der Waals surface area contributed by atoms with Crippen molar-refractivity contribution < 1.29 is 19.1 Å². The number of amides is 2. The topological polar surface area (TPSA) is 79.0 Å². The van der Waals surface area contributed by atoms with Gasteiger partial charge in [0.05, 0.1) is 6.54 Å². The van der Waals surface area contributed by atoms with Crippen molar-refractivity contribution in [2.75, 3.05) is 6.54 Å². The summed E-state index contributed by atoms with van der Waals surface area (Å²) < 4.78 is 5.21. The van der Waals surface area contributed by atoms with E-state index in [1.807, 2.05) is 11.9 Å². The summed E-state index contributed by atoms with van der Waals surface area (Å²) >= 11 is 0. The predicted octanol–water partition coefficient (Wildman–Crippen LogP) is 0.689. The molecule has 2 fully saturated rings. The molecule has 0 spiro atoms. The van der Waals surface area contributed by atoms with Gasteiger partial charge in [0.2, 0.25) is 0 Å². The Labute approximate surface area is 124 Å². The summed E-state index contributed by atoms with van der Waals surface area (Å²) in [6, 6.07) is -0.360. The first-order valence-corrected chi connectivity index (χ1v) is 7.14. The molecule has 0 aromatic heterocycles. The number of nitrogens with zero attached hydrogens (tertiary/aromatic N) is 2. The Morgan fingerprint density at radius 3 is 2.62 bits per heavy atom. The predicted molar refractivity (Wildman–Crippen MR) is 75.3 cm³/mol. The van der Waals surface area contributed by atoms with Gasteiger partial charge in [0.1, 0.15) is 23.5 Å². The molecule has 2 aliphatic heterocycles. The Bertz CT molecular complexity index is 473. The van der Waals surface area contributed by atoms with Crippen LogP contribution in [-0.2, 0) is 14.3 Å². The van der Waals surface area contributed by atoms with Gasteiger partial charge in [0.25, 0.3) is 5.91 Å². The van der Waals surface area contributed by atoms with Gasteiger partial charge in [-0.1, -0.05) is 0 Å². The molecular formula is C14H23N3O4. The van der Waals surface area contributed by atoms with Crippen molar-refractivity contribution in [2.24, 2.45) is 0 Å². The van der Waals surface area contributed by atoms with Crippen LogP contribution in [-0.4, -0.2) is 58.1 Å². The molecule has 2 rings (SSSR count). The van der Waals surface area contributed by atoms with E-state index in [4.69, 9.17) is 4.74 Å². The minimum atomic E-state index is -1.07. The van der Waals surface area contributed by atoms with Crippen LogP contribution in [0.5, 0.6) is 0 Å². The van der Waals surface area contributed by atoms with Crippen molar-refractivity contribution in [2.45, 2.75) is 64.3 Å². The summed E-state index contributed by atoms with van der Waals surface area (Å²) in [4.78, 5) is 35.6. The number of carbonyl (C=O) groups is 3. The quantitative estimate of drug-likeness (QED) is 0.759. The molecule has 2 amide bonds. The normalized spacial score (nSPS) is 33.0. The van der Waals surface area contributed by atoms with Crippen LogP contribution < -0.4 is 5.32 Å². The summed E-state index contributed by atoms with van der Waals surface area (Å²) in [7, 11) is 0. The Kier molecular flexibility index (Phi) is 3.73. The lowest BCUT2D eigenvalue weighted by Gasteiger charge is -2.27. The lowest BCUT2D eigenvalue weighted by Crippen LogP contribution is -2.55. The largest absolute Gasteiger partial charge is 0.444 e. The number of hydrogen-bond acceptors (Lipinski definition) is 5. The van der Waals surface area contributed by atoms with E-state index in [0.29, 0.717) is 13.0 Å². The molecule has 1 N–H and O–H groups in total. The third-order valence-corrected chi connectivity index (χ3v) is 3.77. The maximum absolute atomic E-state index is 12.6. The number of aldehydes is 1. The van der Waals surface area contributed by atoms with Gasteiger partial charge in [0, 0.05) is 6.04 Å². The molecule has 3 atom stereocenters. The zero-order valence-corrected chi connectivity index (χ0v) is 13.2. The van der Waals surface area contributed by atoms with Crippen LogP contribution in [0.15, 0.2) is 0 Å². The van der Waals surface area contributed by atoms with Gasteiger partial charge >= 0.3 is 6.09 Å². The van der Waals surface area contributed by atoms with Gasteiger partial charge in [-0.05, 0) is 41.0 Å². The molecule has 2 heterocycles.